The molecule has 0 aliphatic carbocycles. The van der Waals surface area contributed by atoms with Gasteiger partial charge in [0.15, 0.2) is 0 Å². The van der Waals surface area contributed by atoms with E-state index >= 15 is 0 Å². The number of carbonyl (C=O) groups is 3. The van der Waals surface area contributed by atoms with Gasteiger partial charge in [0.25, 0.3) is 0 Å². The van der Waals surface area contributed by atoms with Crippen molar-refractivity contribution in [3.05, 3.63) is 24.3 Å². The molecule has 5 aliphatic heterocycles. The van der Waals surface area contributed by atoms with E-state index < -0.39 is 41.1 Å². The number of likely N-dealkylation sites (tertiary alicyclic amines) is 1. The Morgan fingerprint density at radius 2 is 1.85 bits per heavy atom. The quantitative estimate of drug-likeness (QED) is 0.406. The van der Waals surface area contributed by atoms with Crippen molar-refractivity contribution in [1.29, 1.82) is 0 Å². The zero-order chi connectivity index (χ0) is 24.1. The van der Waals surface area contributed by atoms with Crippen LogP contribution in [0.2, 0.25) is 0 Å². The molecular formula is C24H33N3O7. The Bertz CT molecular complexity index is 916. The topological polar surface area (TPSA) is 109 Å². The molecule has 2 amide bonds. The predicted octanol–water partition coefficient (Wildman–Crippen LogP) is -0.818. The van der Waals surface area contributed by atoms with Gasteiger partial charge in [-0.05, 0) is 19.9 Å². The van der Waals surface area contributed by atoms with Crippen LogP contribution in [0.25, 0.3) is 0 Å². The van der Waals surface area contributed by atoms with E-state index in [0.29, 0.717) is 32.8 Å². The van der Waals surface area contributed by atoms with E-state index in [4.69, 9.17) is 14.2 Å². The van der Waals surface area contributed by atoms with Crippen LogP contribution in [0.15, 0.2) is 24.3 Å². The van der Waals surface area contributed by atoms with Crippen LogP contribution in [-0.2, 0) is 28.6 Å². The molecule has 5 heterocycles. The summed E-state index contributed by atoms with van der Waals surface area (Å²) in [7, 11) is 0. The van der Waals surface area contributed by atoms with Gasteiger partial charge in [-0.2, -0.15) is 0 Å². The summed E-state index contributed by atoms with van der Waals surface area (Å²) < 4.78 is 17.4. The van der Waals surface area contributed by atoms with Crippen molar-refractivity contribution in [2.24, 2.45) is 11.8 Å². The molecule has 0 bridgehead atoms. The van der Waals surface area contributed by atoms with Crippen LogP contribution in [0.1, 0.15) is 13.8 Å². The first-order valence-electron chi connectivity index (χ1n) is 12.1. The van der Waals surface area contributed by atoms with Gasteiger partial charge in [-0.15, -0.1) is 0 Å². The van der Waals surface area contributed by atoms with E-state index in [2.05, 4.69) is 4.90 Å². The van der Waals surface area contributed by atoms with Crippen LogP contribution in [0.5, 0.6) is 0 Å². The standard InChI is InChI=1S/C24H33N3O7/c1-16(15-28)27-19-21(30)26(9-8-25-10-13-32-14-11-25)7-3-6-24(19)17(20(27)29)18-22(31)33-12-4-5-23(18,2)34-24/h3-6,16-19,28H,7-15H2,1-2H3/t16-,17+,18-,19?,23+,24+/m1/s1. The van der Waals surface area contributed by atoms with Crippen LogP contribution in [-0.4, -0.2) is 120 Å². The number of morpholine rings is 1. The third-order valence-corrected chi connectivity index (χ3v) is 7.86. The third kappa shape index (κ3) is 3.50. The fourth-order valence-corrected chi connectivity index (χ4v) is 6.19. The van der Waals surface area contributed by atoms with Crippen LogP contribution in [0.3, 0.4) is 0 Å². The molecule has 10 heteroatoms. The zero-order valence-electron chi connectivity index (χ0n) is 19.7. The summed E-state index contributed by atoms with van der Waals surface area (Å²) in [6.07, 6.45) is 7.17. The number of ether oxygens (including phenoxy) is 3. The lowest BCUT2D eigenvalue weighted by Gasteiger charge is -2.39. The van der Waals surface area contributed by atoms with E-state index in [0.717, 1.165) is 13.1 Å². The lowest BCUT2D eigenvalue weighted by Crippen LogP contribution is -2.58. The normalized spacial score (nSPS) is 38.8. The van der Waals surface area contributed by atoms with Gasteiger partial charge in [0, 0.05) is 32.7 Å². The summed E-state index contributed by atoms with van der Waals surface area (Å²) in [6.45, 7) is 7.86. The van der Waals surface area contributed by atoms with Crippen molar-refractivity contribution in [3.63, 3.8) is 0 Å². The first-order valence-corrected chi connectivity index (χ1v) is 12.1. The number of carbonyl (C=O) groups excluding carboxylic acids is 3. The summed E-state index contributed by atoms with van der Waals surface area (Å²) >= 11 is 0. The van der Waals surface area contributed by atoms with Gasteiger partial charge in [-0.25, -0.2) is 0 Å². The van der Waals surface area contributed by atoms with Crippen LogP contribution in [0.4, 0.5) is 0 Å². The number of fused-ring (bicyclic) bond motifs is 2. The molecule has 3 fully saturated rings. The first kappa shape index (κ1) is 23.5. The van der Waals surface area contributed by atoms with E-state index in [-0.39, 0.29) is 25.0 Å². The minimum atomic E-state index is -1.31. The zero-order valence-corrected chi connectivity index (χ0v) is 19.7. The highest BCUT2D eigenvalue weighted by Crippen LogP contribution is 2.57. The van der Waals surface area contributed by atoms with E-state index in [1.165, 1.54) is 4.90 Å². The van der Waals surface area contributed by atoms with Gasteiger partial charge < -0.3 is 29.1 Å². The minimum absolute atomic E-state index is 0.118. The summed E-state index contributed by atoms with van der Waals surface area (Å²) in [6, 6.07) is -1.58. The summed E-state index contributed by atoms with van der Waals surface area (Å²) in [4.78, 5) is 46.3. The van der Waals surface area contributed by atoms with Crippen molar-refractivity contribution in [2.45, 2.75) is 37.1 Å². The van der Waals surface area contributed by atoms with Gasteiger partial charge in [0.05, 0.1) is 37.4 Å². The van der Waals surface area contributed by atoms with E-state index in [1.807, 2.05) is 6.08 Å². The van der Waals surface area contributed by atoms with Gasteiger partial charge in [-0.1, -0.05) is 18.2 Å². The molecule has 5 rings (SSSR count). The van der Waals surface area contributed by atoms with Crippen LogP contribution < -0.4 is 0 Å². The smallest absolute Gasteiger partial charge is 0.313 e. The van der Waals surface area contributed by atoms with Crippen LogP contribution >= 0.6 is 0 Å². The molecule has 34 heavy (non-hydrogen) atoms. The largest absolute Gasteiger partial charge is 0.461 e. The molecule has 0 aromatic heterocycles. The molecule has 0 saturated carbocycles. The van der Waals surface area contributed by atoms with Gasteiger partial charge in [0.1, 0.15) is 24.2 Å². The van der Waals surface area contributed by atoms with Crippen molar-refractivity contribution in [1.82, 2.24) is 14.7 Å². The highest BCUT2D eigenvalue weighted by Gasteiger charge is 2.75. The summed E-state index contributed by atoms with van der Waals surface area (Å²) in [5.41, 5.74) is -2.39. The molecule has 6 atom stereocenters. The molecule has 1 unspecified atom stereocenters. The molecule has 1 N–H and O–H groups in total. The number of esters is 1. The Hall–Kier alpha value is -2.27. The lowest BCUT2D eigenvalue weighted by atomic mass is 9.75. The average molecular weight is 476 g/mol. The Labute approximate surface area is 199 Å². The number of rotatable bonds is 5. The Morgan fingerprint density at radius 1 is 1.09 bits per heavy atom. The molecule has 10 nitrogen and oxygen atoms in total. The predicted molar refractivity (Wildman–Crippen MR) is 119 cm³/mol. The van der Waals surface area contributed by atoms with Gasteiger partial charge >= 0.3 is 5.97 Å². The van der Waals surface area contributed by atoms with E-state index in [1.54, 1.807) is 37.0 Å². The second-order valence-electron chi connectivity index (χ2n) is 9.95. The maximum absolute atomic E-state index is 14.0. The molecule has 186 valence electrons. The Balaban J connectivity index is 1.51. The number of hydrogen-bond donors (Lipinski definition) is 1. The molecule has 1 spiro atoms. The van der Waals surface area contributed by atoms with E-state index in [9.17, 15) is 19.5 Å². The average Bonchev–Trinajstić information content (AvgIpc) is 3.10. The fraction of sp³-hybridized carbons (Fsp3) is 0.708. The lowest BCUT2D eigenvalue weighted by molar-refractivity contribution is -0.159. The second-order valence-corrected chi connectivity index (χ2v) is 9.95. The van der Waals surface area contributed by atoms with Crippen molar-refractivity contribution >= 4 is 17.8 Å². The minimum Gasteiger partial charge on any atom is -0.461 e. The molecule has 3 saturated heterocycles. The van der Waals surface area contributed by atoms with Gasteiger partial charge in [0.2, 0.25) is 11.8 Å². The van der Waals surface area contributed by atoms with Crippen LogP contribution in [0, 0.1) is 11.8 Å². The highest BCUT2D eigenvalue weighted by atomic mass is 16.6. The number of hydrogen-bond acceptors (Lipinski definition) is 8. The number of amides is 2. The number of cyclic esters (lactones) is 1. The summed E-state index contributed by atoms with van der Waals surface area (Å²) in [5, 5.41) is 9.94. The van der Waals surface area contributed by atoms with Gasteiger partial charge in [-0.3, -0.25) is 19.3 Å². The third-order valence-electron chi connectivity index (χ3n) is 7.86. The SMILES string of the molecule is C[C@H](CO)N1C(=O)[C@@H]2[C@@H]3C(=O)OCC=C[C@]3(C)O[C@@]23C=CCN(CCN2CCOCC2)C(=O)C13. The molecular weight excluding hydrogens is 442 g/mol. The van der Waals surface area contributed by atoms with Crippen molar-refractivity contribution in [3.8, 4) is 0 Å². The Kier molecular flexibility index (Phi) is 6.04. The maximum atomic E-state index is 14.0. The number of aliphatic hydroxyl groups excluding tert-OH is 1. The summed E-state index contributed by atoms with van der Waals surface area (Å²) in [5.74, 6) is -2.89. The maximum Gasteiger partial charge on any atom is 0.313 e. The fourth-order valence-electron chi connectivity index (χ4n) is 6.19. The number of aliphatic hydroxyl groups is 1. The van der Waals surface area contributed by atoms with Crippen molar-refractivity contribution < 1.29 is 33.7 Å². The molecule has 0 radical (unpaired) electrons. The molecule has 5 aliphatic rings. The number of nitrogens with zero attached hydrogens (tertiary/aromatic N) is 3. The molecule has 0 aromatic carbocycles. The monoisotopic (exact) mass is 475 g/mol. The molecule has 0 aromatic rings. The second kappa shape index (κ2) is 8.75. The Morgan fingerprint density at radius 3 is 2.59 bits per heavy atom. The first-order chi connectivity index (χ1) is 16.3. The van der Waals surface area contributed by atoms with Crippen molar-refractivity contribution in [2.75, 3.05) is 59.2 Å². The highest BCUT2D eigenvalue weighted by molar-refractivity contribution is 5.99.